The average molecular weight is 250 g/mol. The fourth-order valence-corrected chi connectivity index (χ4v) is 1.57. The van der Waals surface area contributed by atoms with Gasteiger partial charge in [-0.1, -0.05) is 0 Å². The van der Waals surface area contributed by atoms with E-state index in [1.807, 2.05) is 0 Å². The summed E-state index contributed by atoms with van der Waals surface area (Å²) in [7, 11) is 0. The molecule has 5 nitrogen and oxygen atoms in total. The van der Waals surface area contributed by atoms with E-state index in [0.717, 1.165) is 5.56 Å². The molecule has 0 aliphatic carbocycles. The van der Waals surface area contributed by atoms with E-state index >= 15 is 0 Å². The number of aliphatic hydroxyl groups is 1. The van der Waals surface area contributed by atoms with Gasteiger partial charge in [0.15, 0.2) is 0 Å². The van der Waals surface area contributed by atoms with Crippen molar-refractivity contribution in [2.45, 2.75) is 26.2 Å². The Balaban J connectivity index is 2.62. The second kappa shape index (κ2) is 6.76. The first-order valence-electron chi connectivity index (χ1n) is 5.85. The van der Waals surface area contributed by atoms with Crippen LogP contribution in [-0.2, 0) is 4.79 Å². The number of hydrogen-bond acceptors (Lipinski definition) is 3. The van der Waals surface area contributed by atoms with Crippen molar-refractivity contribution in [1.29, 1.82) is 0 Å². The summed E-state index contributed by atoms with van der Waals surface area (Å²) in [6.45, 7) is 1.90. The van der Waals surface area contributed by atoms with Crippen LogP contribution in [0.15, 0.2) is 18.2 Å². The first kappa shape index (κ1) is 14.2. The van der Waals surface area contributed by atoms with Crippen LogP contribution in [-0.4, -0.2) is 23.5 Å². The van der Waals surface area contributed by atoms with Crippen LogP contribution in [0.5, 0.6) is 0 Å². The van der Waals surface area contributed by atoms with Crippen molar-refractivity contribution in [3.63, 3.8) is 0 Å². The van der Waals surface area contributed by atoms with Crippen LogP contribution in [0.3, 0.4) is 0 Å². The maximum absolute atomic E-state index is 11.6. The van der Waals surface area contributed by atoms with Crippen LogP contribution in [0, 0.1) is 6.92 Å². The Kier molecular flexibility index (Phi) is 5.32. The van der Waals surface area contributed by atoms with Gasteiger partial charge in [-0.15, -0.1) is 0 Å². The molecule has 1 aromatic rings. The van der Waals surface area contributed by atoms with E-state index in [9.17, 15) is 9.59 Å². The zero-order valence-corrected chi connectivity index (χ0v) is 10.4. The molecule has 1 aromatic carbocycles. The number of carbonyl (C=O) groups excluding carboxylic acids is 2. The Hall–Kier alpha value is -1.88. The van der Waals surface area contributed by atoms with Gasteiger partial charge in [-0.2, -0.15) is 0 Å². The van der Waals surface area contributed by atoms with Crippen LogP contribution in [0.1, 0.15) is 35.2 Å². The molecule has 0 aliphatic rings. The minimum atomic E-state index is -0.487. The van der Waals surface area contributed by atoms with E-state index in [-0.39, 0.29) is 12.5 Å². The number of unbranched alkanes of at least 4 members (excludes halogenated alkanes) is 1. The van der Waals surface area contributed by atoms with Crippen molar-refractivity contribution >= 4 is 17.5 Å². The van der Waals surface area contributed by atoms with Gasteiger partial charge in [0.05, 0.1) is 0 Å². The van der Waals surface area contributed by atoms with Gasteiger partial charge in [0, 0.05) is 24.3 Å². The highest BCUT2D eigenvalue weighted by molar-refractivity contribution is 5.95. The molecule has 18 heavy (non-hydrogen) atoms. The standard InChI is InChI=1S/C13H18N2O3/c1-9-8-10(13(14)18)5-6-11(9)15-12(17)4-2-3-7-16/h5-6,8,16H,2-4,7H2,1H3,(H2,14,18)(H,15,17). The molecule has 0 spiro atoms. The number of rotatable bonds is 6. The number of aryl methyl sites for hydroxylation is 1. The van der Waals surface area contributed by atoms with E-state index in [1.165, 1.54) is 0 Å². The molecule has 4 N–H and O–H groups in total. The number of hydrogen-bond donors (Lipinski definition) is 3. The summed E-state index contributed by atoms with van der Waals surface area (Å²) in [6.07, 6.45) is 1.64. The summed E-state index contributed by atoms with van der Waals surface area (Å²) in [4.78, 5) is 22.5. The topological polar surface area (TPSA) is 92.4 Å². The Bertz CT molecular complexity index is 444. The van der Waals surface area contributed by atoms with Crippen molar-refractivity contribution in [3.05, 3.63) is 29.3 Å². The minimum absolute atomic E-state index is 0.0968. The number of amides is 2. The van der Waals surface area contributed by atoms with Gasteiger partial charge in [-0.3, -0.25) is 9.59 Å². The van der Waals surface area contributed by atoms with Crippen LogP contribution >= 0.6 is 0 Å². The molecule has 0 saturated heterocycles. The maximum Gasteiger partial charge on any atom is 0.248 e. The Morgan fingerprint density at radius 3 is 2.61 bits per heavy atom. The molecule has 98 valence electrons. The Morgan fingerprint density at radius 1 is 1.33 bits per heavy atom. The number of carbonyl (C=O) groups is 2. The van der Waals surface area contributed by atoms with Gasteiger partial charge >= 0.3 is 0 Å². The Morgan fingerprint density at radius 2 is 2.06 bits per heavy atom. The maximum atomic E-state index is 11.6. The van der Waals surface area contributed by atoms with E-state index in [2.05, 4.69) is 5.32 Å². The first-order valence-corrected chi connectivity index (χ1v) is 5.85. The predicted molar refractivity (Wildman–Crippen MR) is 69.3 cm³/mol. The molecule has 0 radical (unpaired) electrons. The molecule has 0 fully saturated rings. The average Bonchev–Trinajstić information content (AvgIpc) is 2.32. The molecule has 0 saturated carbocycles. The number of anilines is 1. The van der Waals surface area contributed by atoms with Crippen molar-refractivity contribution in [3.8, 4) is 0 Å². The minimum Gasteiger partial charge on any atom is -0.396 e. The molecule has 0 aromatic heterocycles. The van der Waals surface area contributed by atoms with Crippen LogP contribution < -0.4 is 11.1 Å². The van der Waals surface area contributed by atoms with E-state index in [0.29, 0.717) is 30.5 Å². The van der Waals surface area contributed by atoms with E-state index in [4.69, 9.17) is 10.8 Å². The zero-order valence-electron chi connectivity index (χ0n) is 10.4. The highest BCUT2D eigenvalue weighted by Crippen LogP contribution is 2.16. The Labute approximate surface area is 106 Å². The third-order valence-electron chi connectivity index (χ3n) is 2.60. The fraction of sp³-hybridized carbons (Fsp3) is 0.385. The number of nitrogens with two attached hydrogens (primary N) is 1. The van der Waals surface area contributed by atoms with Crippen molar-refractivity contribution in [2.75, 3.05) is 11.9 Å². The lowest BCUT2D eigenvalue weighted by atomic mass is 10.1. The van der Waals surface area contributed by atoms with Gasteiger partial charge in [0.1, 0.15) is 0 Å². The van der Waals surface area contributed by atoms with E-state index < -0.39 is 5.91 Å². The van der Waals surface area contributed by atoms with Crippen LogP contribution in [0.25, 0.3) is 0 Å². The third kappa shape index (κ3) is 4.18. The van der Waals surface area contributed by atoms with Gasteiger partial charge in [0.2, 0.25) is 11.8 Å². The predicted octanol–water partition coefficient (Wildman–Crippen LogP) is 1.20. The van der Waals surface area contributed by atoms with Gasteiger partial charge in [0.25, 0.3) is 0 Å². The van der Waals surface area contributed by atoms with Crippen molar-refractivity contribution in [1.82, 2.24) is 0 Å². The molecule has 0 heterocycles. The lowest BCUT2D eigenvalue weighted by molar-refractivity contribution is -0.116. The van der Waals surface area contributed by atoms with Crippen molar-refractivity contribution < 1.29 is 14.7 Å². The van der Waals surface area contributed by atoms with Gasteiger partial charge in [-0.05, 0) is 43.5 Å². The number of primary amides is 1. The summed E-state index contributed by atoms with van der Waals surface area (Å²) in [5.41, 5.74) is 7.06. The molecule has 1 rings (SSSR count). The molecule has 5 heteroatoms. The molecule has 2 amide bonds. The normalized spacial score (nSPS) is 10.1. The number of aliphatic hydroxyl groups excluding tert-OH is 1. The quantitative estimate of drug-likeness (QED) is 0.662. The molecule has 0 bridgehead atoms. The zero-order chi connectivity index (χ0) is 13.5. The molecule has 0 unspecified atom stereocenters. The monoisotopic (exact) mass is 250 g/mol. The highest BCUT2D eigenvalue weighted by Gasteiger charge is 2.07. The molecular formula is C13H18N2O3. The van der Waals surface area contributed by atoms with Gasteiger partial charge < -0.3 is 16.2 Å². The SMILES string of the molecule is Cc1cc(C(N)=O)ccc1NC(=O)CCCCO. The summed E-state index contributed by atoms with van der Waals surface area (Å²) >= 11 is 0. The van der Waals surface area contributed by atoms with Gasteiger partial charge in [-0.25, -0.2) is 0 Å². The summed E-state index contributed by atoms with van der Waals surface area (Å²) in [6, 6.07) is 4.89. The smallest absolute Gasteiger partial charge is 0.248 e. The van der Waals surface area contributed by atoms with E-state index in [1.54, 1.807) is 25.1 Å². The molecular weight excluding hydrogens is 232 g/mol. The molecule has 0 atom stereocenters. The first-order chi connectivity index (χ1) is 8.54. The second-order valence-corrected chi connectivity index (χ2v) is 4.12. The lowest BCUT2D eigenvalue weighted by Crippen LogP contribution is -2.14. The third-order valence-corrected chi connectivity index (χ3v) is 2.60. The highest BCUT2D eigenvalue weighted by atomic mass is 16.3. The largest absolute Gasteiger partial charge is 0.396 e. The summed E-state index contributed by atoms with van der Waals surface area (Å²) in [5.74, 6) is -0.586. The fourth-order valence-electron chi connectivity index (χ4n) is 1.57. The number of nitrogens with one attached hydrogen (secondary N) is 1. The second-order valence-electron chi connectivity index (χ2n) is 4.12. The lowest BCUT2D eigenvalue weighted by Gasteiger charge is -2.09. The van der Waals surface area contributed by atoms with Crippen LogP contribution in [0.4, 0.5) is 5.69 Å². The molecule has 0 aliphatic heterocycles. The summed E-state index contributed by atoms with van der Waals surface area (Å²) in [5, 5.41) is 11.4. The van der Waals surface area contributed by atoms with Crippen LogP contribution in [0.2, 0.25) is 0 Å². The van der Waals surface area contributed by atoms with Crippen molar-refractivity contribution in [2.24, 2.45) is 5.73 Å². The summed E-state index contributed by atoms with van der Waals surface area (Å²) < 4.78 is 0. The number of benzene rings is 1.